The number of hydrogen-bond donors (Lipinski definition) is 1. The predicted octanol–water partition coefficient (Wildman–Crippen LogP) is 5.08. The van der Waals surface area contributed by atoms with Gasteiger partial charge in [-0.1, -0.05) is 6.07 Å². The number of nitrogens with zero attached hydrogens (tertiary/aromatic N) is 1. The molecule has 192 valence electrons. The van der Waals surface area contributed by atoms with Gasteiger partial charge in [-0.2, -0.15) is 30.6 Å². The number of aryl methyl sites for hydroxylation is 1. The second-order valence-electron chi connectivity index (χ2n) is 8.14. The Morgan fingerprint density at radius 3 is 2.17 bits per heavy atom. The number of sulfonamides is 1. The van der Waals surface area contributed by atoms with Crippen LogP contribution in [-0.4, -0.2) is 38.8 Å². The fourth-order valence-corrected chi connectivity index (χ4v) is 5.53. The van der Waals surface area contributed by atoms with E-state index in [2.05, 4.69) is 5.32 Å². The van der Waals surface area contributed by atoms with Crippen LogP contribution in [0, 0.1) is 12.8 Å². The molecule has 13 heteroatoms. The fourth-order valence-electron chi connectivity index (χ4n) is 3.77. The fraction of sp³-hybridized carbons (Fsp3) is 0.409. The molecule has 1 N–H and O–H groups in total. The highest BCUT2D eigenvalue weighted by molar-refractivity contribution is 7.89. The van der Waals surface area contributed by atoms with Crippen molar-refractivity contribution in [1.82, 2.24) is 4.31 Å². The van der Waals surface area contributed by atoms with Crippen molar-refractivity contribution in [2.75, 3.05) is 25.5 Å². The van der Waals surface area contributed by atoms with E-state index in [-0.39, 0.29) is 42.6 Å². The molecule has 0 spiro atoms. The van der Waals surface area contributed by atoms with Gasteiger partial charge in [-0.3, -0.25) is 4.79 Å². The van der Waals surface area contributed by atoms with Crippen LogP contribution in [0.25, 0.3) is 0 Å². The Balaban J connectivity index is 1.85. The number of amides is 1. The normalized spacial score (nSPS) is 17.8. The molecule has 1 saturated heterocycles. The first kappa shape index (κ1) is 26.8. The third kappa shape index (κ3) is 6.07. The molecule has 0 aliphatic carbocycles. The van der Waals surface area contributed by atoms with Crippen LogP contribution in [0.1, 0.15) is 29.5 Å². The van der Waals surface area contributed by atoms with Gasteiger partial charge in [-0.25, -0.2) is 8.42 Å². The number of nitrogens with one attached hydrogen (secondary N) is 1. The lowest BCUT2D eigenvalue weighted by atomic mass is 9.98. The van der Waals surface area contributed by atoms with Crippen LogP contribution in [0.4, 0.5) is 32.0 Å². The summed E-state index contributed by atoms with van der Waals surface area (Å²) < 4.78 is 111. The van der Waals surface area contributed by atoms with E-state index in [1.165, 1.54) is 19.2 Å². The lowest BCUT2D eigenvalue weighted by molar-refractivity contribution is -0.143. The van der Waals surface area contributed by atoms with Gasteiger partial charge < -0.3 is 10.1 Å². The molecule has 0 unspecified atom stereocenters. The summed E-state index contributed by atoms with van der Waals surface area (Å²) in [6.45, 7) is 1.48. The molecule has 0 saturated carbocycles. The zero-order valence-corrected chi connectivity index (χ0v) is 19.4. The lowest BCUT2D eigenvalue weighted by Gasteiger charge is -2.31. The maximum Gasteiger partial charge on any atom is 0.416 e. The van der Waals surface area contributed by atoms with E-state index in [1.54, 1.807) is 13.0 Å². The first-order chi connectivity index (χ1) is 16.1. The Hall–Kier alpha value is -2.80. The Labute approximate surface area is 197 Å². The first-order valence-corrected chi connectivity index (χ1v) is 11.8. The lowest BCUT2D eigenvalue weighted by Crippen LogP contribution is -2.43. The van der Waals surface area contributed by atoms with Gasteiger partial charge in [0.05, 0.1) is 24.2 Å². The molecular weight excluding hydrogens is 502 g/mol. The summed E-state index contributed by atoms with van der Waals surface area (Å²) in [4.78, 5) is 12.7. The standard InChI is InChI=1S/C22H22F6N2O4S/c1-13-5-6-18(34-2)19(8-13)35(32,33)30-7-3-4-14(12-30)20(31)29-17-10-15(21(23,24)25)9-16(11-17)22(26,27)28/h5-6,8-11,14H,3-4,7,12H2,1-2H3,(H,29,31)/t14-/m0/s1. The third-order valence-electron chi connectivity index (χ3n) is 5.55. The number of benzene rings is 2. The molecule has 3 rings (SSSR count). The summed E-state index contributed by atoms with van der Waals surface area (Å²) >= 11 is 0. The third-order valence-corrected chi connectivity index (χ3v) is 7.43. The van der Waals surface area contributed by atoms with Gasteiger partial charge in [-0.15, -0.1) is 0 Å². The number of anilines is 1. The second-order valence-corrected chi connectivity index (χ2v) is 10.0. The highest BCUT2D eigenvalue weighted by Gasteiger charge is 2.38. The maximum atomic E-state index is 13.2. The number of methoxy groups -OCH3 is 1. The van der Waals surface area contributed by atoms with Crippen LogP contribution in [0.15, 0.2) is 41.3 Å². The summed E-state index contributed by atoms with van der Waals surface area (Å²) in [6.07, 6.45) is -9.66. The summed E-state index contributed by atoms with van der Waals surface area (Å²) in [5.74, 6) is -1.77. The van der Waals surface area contributed by atoms with Crippen LogP contribution in [0.3, 0.4) is 0 Å². The highest BCUT2D eigenvalue weighted by atomic mass is 32.2. The Kier molecular flexibility index (Phi) is 7.42. The van der Waals surface area contributed by atoms with Crippen LogP contribution in [-0.2, 0) is 27.2 Å². The maximum absolute atomic E-state index is 13.2. The SMILES string of the molecule is COc1ccc(C)cc1S(=O)(=O)N1CCC[C@H](C(=O)Nc2cc(C(F)(F)F)cc(C(F)(F)F)c2)C1. The van der Waals surface area contributed by atoms with Gasteiger partial charge in [0.15, 0.2) is 0 Å². The van der Waals surface area contributed by atoms with Gasteiger partial charge in [-0.05, 0) is 55.7 Å². The molecule has 1 atom stereocenters. The van der Waals surface area contributed by atoms with E-state index in [1.807, 2.05) is 0 Å². The largest absolute Gasteiger partial charge is 0.495 e. The number of carbonyl (C=O) groups is 1. The number of ether oxygens (including phenoxy) is 1. The molecule has 1 fully saturated rings. The van der Waals surface area contributed by atoms with Crippen molar-refractivity contribution >= 4 is 21.6 Å². The van der Waals surface area contributed by atoms with Crippen LogP contribution >= 0.6 is 0 Å². The number of carbonyl (C=O) groups excluding carboxylic acids is 1. The van der Waals surface area contributed by atoms with E-state index >= 15 is 0 Å². The number of alkyl halides is 6. The first-order valence-electron chi connectivity index (χ1n) is 10.4. The van der Waals surface area contributed by atoms with Gasteiger partial charge in [0, 0.05) is 18.8 Å². The van der Waals surface area contributed by atoms with Gasteiger partial charge in [0.1, 0.15) is 10.6 Å². The van der Waals surface area contributed by atoms with E-state index in [9.17, 15) is 39.6 Å². The number of halogens is 6. The van der Waals surface area contributed by atoms with Crippen LogP contribution in [0.5, 0.6) is 5.75 Å². The van der Waals surface area contributed by atoms with E-state index in [4.69, 9.17) is 4.74 Å². The number of rotatable bonds is 5. The molecule has 1 amide bonds. The zero-order chi connectivity index (χ0) is 26.2. The molecule has 2 aromatic rings. The van der Waals surface area contributed by atoms with Crippen molar-refractivity contribution in [2.24, 2.45) is 5.92 Å². The average molecular weight is 524 g/mol. The zero-order valence-electron chi connectivity index (χ0n) is 18.6. The molecule has 2 aromatic carbocycles. The molecular formula is C22H22F6N2O4S. The van der Waals surface area contributed by atoms with Gasteiger partial charge in [0.2, 0.25) is 15.9 Å². The Morgan fingerprint density at radius 1 is 1.03 bits per heavy atom. The van der Waals surface area contributed by atoms with Crippen molar-refractivity contribution in [3.05, 3.63) is 53.1 Å². The minimum Gasteiger partial charge on any atom is -0.495 e. The number of piperidine rings is 1. The van der Waals surface area contributed by atoms with E-state index in [0.29, 0.717) is 17.7 Å². The molecule has 0 radical (unpaired) electrons. The second kappa shape index (κ2) is 9.69. The highest BCUT2D eigenvalue weighted by Crippen LogP contribution is 2.38. The Bertz CT molecular complexity index is 1180. The van der Waals surface area contributed by atoms with Crippen LogP contribution in [0.2, 0.25) is 0 Å². The van der Waals surface area contributed by atoms with E-state index < -0.39 is 51.0 Å². The minimum absolute atomic E-state index is 0.0419. The molecule has 1 aliphatic rings. The topological polar surface area (TPSA) is 75.7 Å². The molecule has 1 aliphatic heterocycles. The summed E-state index contributed by atoms with van der Waals surface area (Å²) in [5, 5.41) is 2.09. The van der Waals surface area contributed by atoms with Crippen molar-refractivity contribution in [3.8, 4) is 5.75 Å². The summed E-state index contributed by atoms with van der Waals surface area (Å²) in [5.41, 5.74) is -3.16. The van der Waals surface area contributed by atoms with Crippen LogP contribution < -0.4 is 10.1 Å². The van der Waals surface area contributed by atoms with Crippen molar-refractivity contribution < 1.29 is 44.3 Å². The monoisotopic (exact) mass is 524 g/mol. The molecule has 1 heterocycles. The van der Waals surface area contributed by atoms with Crippen molar-refractivity contribution in [2.45, 2.75) is 37.0 Å². The van der Waals surface area contributed by atoms with Gasteiger partial charge >= 0.3 is 12.4 Å². The molecule has 0 bridgehead atoms. The van der Waals surface area contributed by atoms with Crippen molar-refractivity contribution in [3.63, 3.8) is 0 Å². The van der Waals surface area contributed by atoms with E-state index in [0.717, 1.165) is 4.31 Å². The molecule has 35 heavy (non-hydrogen) atoms. The smallest absolute Gasteiger partial charge is 0.416 e. The summed E-state index contributed by atoms with van der Waals surface area (Å²) in [7, 11) is -2.78. The quantitative estimate of drug-likeness (QED) is 0.554. The molecule has 6 nitrogen and oxygen atoms in total. The van der Waals surface area contributed by atoms with Crippen molar-refractivity contribution in [1.29, 1.82) is 0 Å². The minimum atomic E-state index is -5.07. The Morgan fingerprint density at radius 2 is 1.63 bits per heavy atom. The molecule has 0 aromatic heterocycles. The predicted molar refractivity (Wildman–Crippen MR) is 114 cm³/mol. The number of hydrogen-bond acceptors (Lipinski definition) is 4. The van der Waals surface area contributed by atoms with Gasteiger partial charge in [0.25, 0.3) is 0 Å². The summed E-state index contributed by atoms with van der Waals surface area (Å²) in [6, 6.07) is 5.33. The average Bonchev–Trinajstić information content (AvgIpc) is 2.77.